The Morgan fingerprint density at radius 1 is 1.19 bits per heavy atom. The van der Waals surface area contributed by atoms with E-state index in [2.05, 4.69) is 10.00 Å². The van der Waals surface area contributed by atoms with Gasteiger partial charge in [-0.2, -0.15) is 5.10 Å². The summed E-state index contributed by atoms with van der Waals surface area (Å²) < 4.78 is 1.97. The molecule has 0 spiro atoms. The van der Waals surface area contributed by atoms with E-state index < -0.39 is 5.97 Å². The summed E-state index contributed by atoms with van der Waals surface area (Å²) >= 11 is 0. The molecule has 0 aliphatic carbocycles. The fourth-order valence-corrected chi connectivity index (χ4v) is 3.60. The van der Waals surface area contributed by atoms with E-state index in [9.17, 15) is 9.90 Å². The maximum atomic E-state index is 10.8. The largest absolute Gasteiger partial charge is 0.481 e. The van der Waals surface area contributed by atoms with Crippen LogP contribution in [0, 0.1) is 0 Å². The zero-order valence-corrected chi connectivity index (χ0v) is 15.0. The van der Waals surface area contributed by atoms with Gasteiger partial charge in [-0.15, -0.1) is 0 Å². The number of para-hydroxylation sites is 1. The molecule has 0 unspecified atom stereocenters. The molecule has 3 aromatic rings. The third-order valence-corrected chi connectivity index (χ3v) is 4.91. The first-order valence-electron chi connectivity index (χ1n) is 9.16. The summed E-state index contributed by atoms with van der Waals surface area (Å²) in [7, 11) is 0. The summed E-state index contributed by atoms with van der Waals surface area (Å²) in [6, 6.07) is 11.9. The van der Waals surface area contributed by atoms with Crippen LogP contribution in [0.25, 0.3) is 10.9 Å². The molecule has 0 amide bonds. The first-order chi connectivity index (χ1) is 13.1. The molecule has 3 heterocycles. The monoisotopic (exact) mass is 366 g/mol. The number of pyridine rings is 1. The minimum absolute atomic E-state index is 0.0627. The summed E-state index contributed by atoms with van der Waals surface area (Å²) in [6.07, 6.45) is 1.43. The summed E-state index contributed by atoms with van der Waals surface area (Å²) in [4.78, 5) is 17.8. The summed E-state index contributed by atoms with van der Waals surface area (Å²) in [5.74, 6) is -0.00860. The topological polar surface area (TPSA) is 91.5 Å². The molecule has 7 heteroatoms. The number of fused-ring (bicyclic) bond motifs is 2. The Kier molecular flexibility index (Phi) is 4.77. The van der Waals surface area contributed by atoms with E-state index in [1.54, 1.807) is 0 Å². The molecule has 1 aliphatic rings. The number of aliphatic hydroxyl groups is 1. The van der Waals surface area contributed by atoms with Crippen LogP contribution in [0.15, 0.2) is 36.4 Å². The average Bonchev–Trinajstić information content (AvgIpc) is 2.95. The first kappa shape index (κ1) is 17.5. The minimum atomic E-state index is -0.812. The van der Waals surface area contributed by atoms with Crippen molar-refractivity contribution in [3.63, 3.8) is 0 Å². The van der Waals surface area contributed by atoms with E-state index in [0.29, 0.717) is 13.0 Å². The number of nitrogens with zero attached hydrogens (tertiary/aromatic N) is 4. The predicted molar refractivity (Wildman–Crippen MR) is 102 cm³/mol. The molecule has 0 atom stereocenters. The van der Waals surface area contributed by atoms with Crippen molar-refractivity contribution in [2.45, 2.75) is 39.0 Å². The highest BCUT2D eigenvalue weighted by Gasteiger charge is 2.20. The van der Waals surface area contributed by atoms with Crippen LogP contribution >= 0.6 is 0 Å². The van der Waals surface area contributed by atoms with Crippen molar-refractivity contribution in [2.24, 2.45) is 0 Å². The Morgan fingerprint density at radius 2 is 2.04 bits per heavy atom. The maximum Gasteiger partial charge on any atom is 0.303 e. The third kappa shape index (κ3) is 3.64. The van der Waals surface area contributed by atoms with Gasteiger partial charge >= 0.3 is 5.97 Å². The van der Waals surface area contributed by atoms with Gasteiger partial charge in [0.25, 0.3) is 0 Å². The number of aromatic nitrogens is 3. The third-order valence-electron chi connectivity index (χ3n) is 4.91. The summed E-state index contributed by atoms with van der Waals surface area (Å²) in [5, 5.41) is 24.3. The summed E-state index contributed by atoms with van der Waals surface area (Å²) in [6.45, 7) is 2.19. The Labute approximate surface area is 156 Å². The lowest BCUT2D eigenvalue weighted by Gasteiger charge is -2.24. The molecule has 7 nitrogen and oxygen atoms in total. The number of aliphatic hydroxyl groups excluding tert-OH is 1. The van der Waals surface area contributed by atoms with Crippen LogP contribution in [0.5, 0.6) is 0 Å². The molecule has 2 N–H and O–H groups in total. The fraction of sp³-hybridized carbons (Fsp3) is 0.350. The van der Waals surface area contributed by atoms with E-state index >= 15 is 0 Å². The van der Waals surface area contributed by atoms with Crippen molar-refractivity contribution in [3.05, 3.63) is 53.3 Å². The van der Waals surface area contributed by atoms with Crippen molar-refractivity contribution in [1.82, 2.24) is 14.8 Å². The van der Waals surface area contributed by atoms with Crippen molar-refractivity contribution >= 4 is 22.7 Å². The number of carboxylic acids is 1. The molecule has 0 radical (unpaired) electrons. The number of carbonyl (C=O) groups is 1. The molecule has 1 aromatic carbocycles. The second-order valence-corrected chi connectivity index (χ2v) is 6.84. The van der Waals surface area contributed by atoms with Crippen molar-refractivity contribution in [1.29, 1.82) is 0 Å². The van der Waals surface area contributed by atoms with Gasteiger partial charge in [-0.05, 0) is 24.6 Å². The van der Waals surface area contributed by atoms with E-state index in [4.69, 9.17) is 10.1 Å². The Bertz CT molecular complexity index is 983. The highest BCUT2D eigenvalue weighted by molar-refractivity contribution is 5.81. The lowest BCUT2D eigenvalue weighted by atomic mass is 10.1. The van der Waals surface area contributed by atoms with Gasteiger partial charge in [0.15, 0.2) is 0 Å². The molecule has 0 bridgehead atoms. The first-order valence-corrected chi connectivity index (χ1v) is 9.16. The summed E-state index contributed by atoms with van der Waals surface area (Å²) in [5.41, 5.74) is 3.58. The zero-order chi connectivity index (χ0) is 18.8. The quantitative estimate of drug-likeness (QED) is 0.720. The number of hydrogen-bond acceptors (Lipinski definition) is 5. The van der Waals surface area contributed by atoms with Crippen molar-refractivity contribution in [2.75, 3.05) is 11.4 Å². The SMILES string of the molecule is O=C(O)CCc1cc2n(n1)CCCN(c1nc3ccccc3cc1CO)C2. The molecule has 0 saturated carbocycles. The molecule has 4 rings (SSSR count). The average molecular weight is 366 g/mol. The maximum absolute atomic E-state index is 10.8. The van der Waals surface area contributed by atoms with Gasteiger partial charge in [0.2, 0.25) is 0 Å². The van der Waals surface area contributed by atoms with Crippen molar-refractivity contribution < 1.29 is 15.0 Å². The molecule has 140 valence electrons. The number of rotatable bonds is 5. The number of anilines is 1. The highest BCUT2D eigenvalue weighted by Crippen LogP contribution is 2.27. The van der Waals surface area contributed by atoms with Crippen LogP contribution in [0.3, 0.4) is 0 Å². The Morgan fingerprint density at radius 3 is 2.85 bits per heavy atom. The molecular formula is C20H22N4O3. The van der Waals surface area contributed by atoms with Crippen LogP contribution in [0.4, 0.5) is 5.82 Å². The van der Waals surface area contributed by atoms with Crippen LogP contribution in [0.2, 0.25) is 0 Å². The molecular weight excluding hydrogens is 344 g/mol. The van der Waals surface area contributed by atoms with E-state index in [-0.39, 0.29) is 13.0 Å². The molecule has 0 saturated heterocycles. The van der Waals surface area contributed by atoms with Crippen molar-refractivity contribution in [3.8, 4) is 0 Å². The van der Waals surface area contributed by atoms with Crippen LogP contribution < -0.4 is 4.90 Å². The zero-order valence-electron chi connectivity index (χ0n) is 15.0. The van der Waals surface area contributed by atoms with Gasteiger partial charge in [-0.25, -0.2) is 4.98 Å². The number of aryl methyl sites for hydroxylation is 2. The minimum Gasteiger partial charge on any atom is -0.481 e. The van der Waals surface area contributed by atoms with E-state index in [0.717, 1.165) is 53.2 Å². The fourth-order valence-electron chi connectivity index (χ4n) is 3.60. The number of hydrogen-bond donors (Lipinski definition) is 2. The Hall–Kier alpha value is -2.93. The number of carboxylic acid groups (broad SMARTS) is 1. The van der Waals surface area contributed by atoms with Crippen LogP contribution in [-0.2, 0) is 30.9 Å². The van der Waals surface area contributed by atoms with Gasteiger partial charge in [-0.1, -0.05) is 18.2 Å². The van der Waals surface area contributed by atoms with Gasteiger partial charge < -0.3 is 15.1 Å². The van der Waals surface area contributed by atoms with Gasteiger partial charge in [-0.3, -0.25) is 9.48 Å². The molecule has 1 aliphatic heterocycles. The molecule has 2 aromatic heterocycles. The van der Waals surface area contributed by atoms with Gasteiger partial charge in [0.1, 0.15) is 5.82 Å². The number of benzene rings is 1. The van der Waals surface area contributed by atoms with Crippen LogP contribution in [-0.4, -0.2) is 37.5 Å². The van der Waals surface area contributed by atoms with Gasteiger partial charge in [0.05, 0.1) is 36.5 Å². The lowest BCUT2D eigenvalue weighted by molar-refractivity contribution is -0.136. The number of aliphatic carboxylic acids is 1. The van der Waals surface area contributed by atoms with Crippen LogP contribution in [0.1, 0.15) is 29.8 Å². The van der Waals surface area contributed by atoms with Gasteiger partial charge in [0, 0.05) is 30.5 Å². The Balaban J connectivity index is 1.65. The second kappa shape index (κ2) is 7.36. The molecule has 27 heavy (non-hydrogen) atoms. The van der Waals surface area contributed by atoms with E-state index in [1.165, 1.54) is 0 Å². The smallest absolute Gasteiger partial charge is 0.303 e. The van der Waals surface area contributed by atoms with E-state index in [1.807, 2.05) is 41.1 Å². The standard InChI is InChI=1S/C20H22N4O3/c25-13-15-10-14-4-1-2-5-18(14)21-20(15)23-8-3-9-24-17(12-23)11-16(22-24)6-7-19(26)27/h1-2,4-5,10-11,25H,3,6-9,12-13H2,(H,26,27). The predicted octanol–water partition coefficient (Wildman–Crippen LogP) is 2.35. The normalized spacial score (nSPS) is 14.2. The second-order valence-electron chi connectivity index (χ2n) is 6.84. The lowest BCUT2D eigenvalue weighted by Crippen LogP contribution is -2.25. The molecule has 0 fully saturated rings. The highest BCUT2D eigenvalue weighted by atomic mass is 16.4.